The number of nitrogens with zero attached hydrogens (tertiary/aromatic N) is 2. The highest BCUT2D eigenvalue weighted by atomic mass is 16.3. The SMILES string of the molecule is CC(C(O)c1ccccc1)N1CCC2CCC(C1)N2C. The zero-order valence-electron chi connectivity index (χ0n) is 12.6. The quantitative estimate of drug-likeness (QED) is 0.916. The van der Waals surface area contributed by atoms with Gasteiger partial charge in [0.2, 0.25) is 0 Å². The van der Waals surface area contributed by atoms with Gasteiger partial charge in [0.1, 0.15) is 0 Å². The lowest BCUT2D eigenvalue weighted by Gasteiger charge is -2.34. The maximum absolute atomic E-state index is 10.6. The van der Waals surface area contributed by atoms with E-state index in [0.717, 1.165) is 24.7 Å². The first-order valence-electron chi connectivity index (χ1n) is 7.86. The van der Waals surface area contributed by atoms with Gasteiger partial charge in [0.25, 0.3) is 0 Å². The maximum Gasteiger partial charge on any atom is 0.0942 e. The molecule has 0 aromatic heterocycles. The summed E-state index contributed by atoms with van der Waals surface area (Å²) in [5, 5.41) is 10.6. The molecule has 4 unspecified atom stereocenters. The molecule has 2 heterocycles. The van der Waals surface area contributed by atoms with Gasteiger partial charge in [-0.1, -0.05) is 30.3 Å². The third kappa shape index (κ3) is 2.62. The lowest BCUT2D eigenvalue weighted by Crippen LogP contribution is -2.43. The molecule has 2 saturated heterocycles. The fraction of sp³-hybridized carbons (Fsp3) is 0.647. The van der Waals surface area contributed by atoms with E-state index in [-0.39, 0.29) is 6.04 Å². The molecule has 2 bridgehead atoms. The summed E-state index contributed by atoms with van der Waals surface area (Å²) in [5.74, 6) is 0. The second-order valence-electron chi connectivity index (χ2n) is 6.43. The Labute approximate surface area is 122 Å². The lowest BCUT2D eigenvalue weighted by atomic mass is 10.00. The fourth-order valence-corrected chi connectivity index (χ4v) is 3.83. The minimum atomic E-state index is -0.391. The summed E-state index contributed by atoms with van der Waals surface area (Å²) in [6.45, 7) is 4.37. The summed E-state index contributed by atoms with van der Waals surface area (Å²) in [6, 6.07) is 11.7. The number of aliphatic hydroxyl groups is 1. The van der Waals surface area contributed by atoms with Crippen LogP contribution in [0.25, 0.3) is 0 Å². The molecular formula is C17H26N2O. The van der Waals surface area contributed by atoms with Gasteiger partial charge in [-0.3, -0.25) is 9.80 Å². The molecule has 0 radical (unpaired) electrons. The molecule has 3 nitrogen and oxygen atoms in total. The van der Waals surface area contributed by atoms with Crippen molar-refractivity contribution < 1.29 is 5.11 Å². The van der Waals surface area contributed by atoms with Crippen LogP contribution in [0.3, 0.4) is 0 Å². The summed E-state index contributed by atoms with van der Waals surface area (Å²) in [7, 11) is 2.27. The Morgan fingerprint density at radius 1 is 1.10 bits per heavy atom. The Morgan fingerprint density at radius 3 is 2.55 bits per heavy atom. The van der Waals surface area contributed by atoms with Gasteiger partial charge in [0.05, 0.1) is 6.10 Å². The van der Waals surface area contributed by atoms with Gasteiger partial charge in [0, 0.05) is 31.2 Å². The third-order valence-electron chi connectivity index (χ3n) is 5.35. The molecule has 2 fully saturated rings. The highest BCUT2D eigenvalue weighted by Gasteiger charge is 2.37. The average Bonchev–Trinajstić information content (AvgIpc) is 2.72. The first-order chi connectivity index (χ1) is 9.66. The van der Waals surface area contributed by atoms with E-state index in [9.17, 15) is 5.11 Å². The van der Waals surface area contributed by atoms with E-state index in [0.29, 0.717) is 6.04 Å². The molecule has 1 aromatic rings. The van der Waals surface area contributed by atoms with Crippen molar-refractivity contribution in [2.45, 2.75) is 50.4 Å². The molecule has 0 spiro atoms. The largest absolute Gasteiger partial charge is 0.387 e. The van der Waals surface area contributed by atoms with E-state index in [2.05, 4.69) is 23.8 Å². The zero-order chi connectivity index (χ0) is 14.1. The molecule has 110 valence electrons. The van der Waals surface area contributed by atoms with Crippen LogP contribution in [0.15, 0.2) is 30.3 Å². The summed E-state index contributed by atoms with van der Waals surface area (Å²) >= 11 is 0. The van der Waals surface area contributed by atoms with Gasteiger partial charge in [0.15, 0.2) is 0 Å². The average molecular weight is 274 g/mol. The summed E-state index contributed by atoms with van der Waals surface area (Å²) in [6.07, 6.45) is 3.51. The molecule has 2 aliphatic heterocycles. The highest BCUT2D eigenvalue weighted by molar-refractivity contribution is 5.18. The number of likely N-dealkylation sites (tertiary alicyclic amines) is 1. The van der Waals surface area contributed by atoms with Gasteiger partial charge >= 0.3 is 0 Å². The fourth-order valence-electron chi connectivity index (χ4n) is 3.83. The Hall–Kier alpha value is -0.900. The van der Waals surface area contributed by atoms with Crippen LogP contribution in [0.5, 0.6) is 0 Å². The normalized spacial score (nSPS) is 30.9. The summed E-state index contributed by atoms with van der Waals surface area (Å²) in [4.78, 5) is 5.04. The first kappa shape index (κ1) is 14.1. The topological polar surface area (TPSA) is 26.7 Å². The van der Waals surface area contributed by atoms with E-state index in [1.54, 1.807) is 0 Å². The molecule has 0 aliphatic carbocycles. The van der Waals surface area contributed by atoms with Gasteiger partial charge in [-0.2, -0.15) is 0 Å². The Morgan fingerprint density at radius 2 is 1.80 bits per heavy atom. The molecule has 4 atom stereocenters. The van der Waals surface area contributed by atoms with Crippen molar-refractivity contribution in [1.82, 2.24) is 9.80 Å². The van der Waals surface area contributed by atoms with Gasteiger partial charge in [-0.05, 0) is 38.8 Å². The van der Waals surface area contributed by atoms with Crippen LogP contribution >= 0.6 is 0 Å². The second kappa shape index (κ2) is 5.84. The molecule has 2 aliphatic rings. The minimum absolute atomic E-state index is 0.185. The van der Waals surface area contributed by atoms with Crippen LogP contribution in [-0.4, -0.2) is 53.2 Å². The number of likely N-dealkylation sites (N-methyl/N-ethyl adjacent to an activating group) is 1. The van der Waals surface area contributed by atoms with Crippen molar-refractivity contribution >= 4 is 0 Å². The second-order valence-corrected chi connectivity index (χ2v) is 6.43. The number of benzene rings is 1. The van der Waals surface area contributed by atoms with Crippen molar-refractivity contribution in [3.8, 4) is 0 Å². The van der Waals surface area contributed by atoms with Crippen LogP contribution < -0.4 is 0 Å². The van der Waals surface area contributed by atoms with Crippen LogP contribution in [0.2, 0.25) is 0 Å². The van der Waals surface area contributed by atoms with Crippen molar-refractivity contribution in [3.05, 3.63) is 35.9 Å². The van der Waals surface area contributed by atoms with Crippen molar-refractivity contribution in [1.29, 1.82) is 0 Å². The first-order valence-corrected chi connectivity index (χ1v) is 7.86. The van der Waals surface area contributed by atoms with Crippen LogP contribution in [-0.2, 0) is 0 Å². The number of aliphatic hydroxyl groups excluding tert-OH is 1. The number of rotatable bonds is 3. The van der Waals surface area contributed by atoms with Gasteiger partial charge < -0.3 is 5.11 Å². The predicted octanol–water partition coefficient (Wildman–Crippen LogP) is 2.28. The smallest absolute Gasteiger partial charge is 0.0942 e. The van der Waals surface area contributed by atoms with E-state index >= 15 is 0 Å². The van der Waals surface area contributed by atoms with Crippen LogP contribution in [0.4, 0.5) is 0 Å². The molecule has 1 N–H and O–H groups in total. The third-order valence-corrected chi connectivity index (χ3v) is 5.35. The Balaban J connectivity index is 1.69. The van der Waals surface area contributed by atoms with Gasteiger partial charge in [-0.15, -0.1) is 0 Å². The number of hydrogen-bond donors (Lipinski definition) is 1. The van der Waals surface area contributed by atoms with Crippen molar-refractivity contribution in [2.75, 3.05) is 20.1 Å². The standard InChI is InChI=1S/C17H26N2O/c1-13(17(20)14-6-4-3-5-7-14)19-11-10-15-8-9-16(12-19)18(15)2/h3-7,13,15-17,20H,8-12H2,1-2H3. The highest BCUT2D eigenvalue weighted by Crippen LogP contribution is 2.31. The molecular weight excluding hydrogens is 248 g/mol. The van der Waals surface area contributed by atoms with E-state index in [1.165, 1.54) is 19.3 Å². The monoisotopic (exact) mass is 274 g/mol. The number of fused-ring (bicyclic) bond motifs is 2. The zero-order valence-corrected chi connectivity index (χ0v) is 12.6. The van der Waals surface area contributed by atoms with E-state index < -0.39 is 6.10 Å². The van der Waals surface area contributed by atoms with E-state index in [1.807, 2.05) is 30.3 Å². The minimum Gasteiger partial charge on any atom is -0.387 e. The number of hydrogen-bond acceptors (Lipinski definition) is 3. The molecule has 0 amide bonds. The van der Waals surface area contributed by atoms with Crippen molar-refractivity contribution in [3.63, 3.8) is 0 Å². The summed E-state index contributed by atoms with van der Waals surface area (Å²) < 4.78 is 0. The summed E-state index contributed by atoms with van der Waals surface area (Å²) in [5.41, 5.74) is 1.03. The van der Waals surface area contributed by atoms with Gasteiger partial charge in [-0.25, -0.2) is 0 Å². The molecule has 3 rings (SSSR count). The Kier molecular flexibility index (Phi) is 4.11. The molecule has 3 heteroatoms. The molecule has 0 saturated carbocycles. The predicted molar refractivity (Wildman–Crippen MR) is 81.6 cm³/mol. The lowest BCUT2D eigenvalue weighted by molar-refractivity contribution is 0.0527. The van der Waals surface area contributed by atoms with Crippen LogP contribution in [0.1, 0.15) is 37.9 Å². The Bertz CT molecular complexity index is 436. The van der Waals surface area contributed by atoms with E-state index in [4.69, 9.17) is 0 Å². The van der Waals surface area contributed by atoms with Crippen LogP contribution in [0, 0.1) is 0 Å². The molecule has 20 heavy (non-hydrogen) atoms. The molecule has 1 aromatic carbocycles. The van der Waals surface area contributed by atoms with Crippen molar-refractivity contribution in [2.24, 2.45) is 0 Å². The maximum atomic E-state index is 10.6.